The molecule has 0 aliphatic heterocycles. The SMILES string of the molecule is Cc1ccc(/C=N/NC(=O)c2nn(-c3ccccc3)c(=O)c(C#N)c2C)cc1. The smallest absolute Gasteiger partial charge is 0.266 e. The molecule has 0 fully saturated rings. The number of nitrogens with one attached hydrogen (secondary N) is 1. The first-order chi connectivity index (χ1) is 13.5. The number of aryl methyl sites for hydroxylation is 1. The summed E-state index contributed by atoms with van der Waals surface area (Å²) in [5, 5.41) is 17.5. The van der Waals surface area contributed by atoms with Crippen LogP contribution in [0.15, 0.2) is 64.5 Å². The summed E-state index contributed by atoms with van der Waals surface area (Å²) in [5.41, 5.74) is 4.25. The number of hydrogen-bond acceptors (Lipinski definition) is 5. The molecule has 0 saturated carbocycles. The number of carbonyl (C=O) groups excluding carboxylic acids is 1. The van der Waals surface area contributed by atoms with Gasteiger partial charge in [0.2, 0.25) is 0 Å². The highest BCUT2D eigenvalue weighted by Gasteiger charge is 2.19. The van der Waals surface area contributed by atoms with Crippen molar-refractivity contribution in [1.29, 1.82) is 5.26 Å². The molecule has 28 heavy (non-hydrogen) atoms. The Labute approximate surface area is 161 Å². The highest BCUT2D eigenvalue weighted by Crippen LogP contribution is 2.10. The molecule has 0 atom stereocenters. The first kappa shape index (κ1) is 18.7. The number of nitriles is 1. The van der Waals surface area contributed by atoms with Crippen molar-refractivity contribution in [3.63, 3.8) is 0 Å². The molecule has 0 radical (unpaired) electrons. The third-order valence-corrected chi connectivity index (χ3v) is 4.12. The van der Waals surface area contributed by atoms with Gasteiger partial charge >= 0.3 is 0 Å². The Morgan fingerprint density at radius 3 is 2.46 bits per heavy atom. The Morgan fingerprint density at radius 2 is 1.82 bits per heavy atom. The van der Waals surface area contributed by atoms with Gasteiger partial charge in [-0.15, -0.1) is 0 Å². The largest absolute Gasteiger partial charge is 0.292 e. The molecule has 0 bridgehead atoms. The maximum Gasteiger partial charge on any atom is 0.292 e. The van der Waals surface area contributed by atoms with Crippen molar-refractivity contribution >= 4 is 12.1 Å². The van der Waals surface area contributed by atoms with Crippen molar-refractivity contribution in [3.05, 3.63) is 92.9 Å². The molecule has 1 heterocycles. The van der Waals surface area contributed by atoms with E-state index in [9.17, 15) is 14.9 Å². The molecule has 0 saturated heterocycles. The lowest BCUT2D eigenvalue weighted by Crippen LogP contribution is -2.31. The molecule has 0 spiro atoms. The Balaban J connectivity index is 1.94. The zero-order chi connectivity index (χ0) is 20.1. The normalized spacial score (nSPS) is 10.6. The average molecular weight is 371 g/mol. The maximum absolute atomic E-state index is 12.6. The average Bonchev–Trinajstić information content (AvgIpc) is 2.70. The van der Waals surface area contributed by atoms with Gasteiger partial charge in [-0.2, -0.15) is 20.1 Å². The zero-order valence-corrected chi connectivity index (χ0v) is 15.4. The topological polar surface area (TPSA) is 100 Å². The van der Waals surface area contributed by atoms with E-state index in [2.05, 4.69) is 15.6 Å². The molecule has 1 aromatic heterocycles. The van der Waals surface area contributed by atoms with Crippen LogP contribution >= 0.6 is 0 Å². The standard InChI is InChI=1S/C21H17N5O2/c1-14-8-10-16(11-9-14)13-23-24-20(27)19-15(2)18(12-22)21(28)26(25-19)17-6-4-3-5-7-17/h3-11,13H,1-2H3,(H,24,27)/b23-13+. The lowest BCUT2D eigenvalue weighted by Gasteiger charge is -2.10. The minimum Gasteiger partial charge on any atom is -0.266 e. The number of nitrogens with zero attached hydrogens (tertiary/aromatic N) is 4. The van der Waals surface area contributed by atoms with Gasteiger partial charge in [0.15, 0.2) is 5.69 Å². The molecule has 3 rings (SSSR count). The van der Waals surface area contributed by atoms with Gasteiger partial charge in [-0.25, -0.2) is 5.43 Å². The number of hydrazone groups is 1. The summed E-state index contributed by atoms with van der Waals surface area (Å²) in [7, 11) is 0. The summed E-state index contributed by atoms with van der Waals surface area (Å²) in [5.74, 6) is -0.609. The number of carbonyl (C=O) groups is 1. The predicted molar refractivity (Wildman–Crippen MR) is 106 cm³/mol. The van der Waals surface area contributed by atoms with Crippen molar-refractivity contribution in [2.45, 2.75) is 13.8 Å². The molecule has 1 amide bonds. The van der Waals surface area contributed by atoms with E-state index in [1.54, 1.807) is 30.3 Å². The van der Waals surface area contributed by atoms with E-state index in [0.29, 0.717) is 5.69 Å². The van der Waals surface area contributed by atoms with Gasteiger partial charge in [-0.05, 0) is 31.5 Å². The summed E-state index contributed by atoms with van der Waals surface area (Å²) >= 11 is 0. The van der Waals surface area contributed by atoms with Crippen molar-refractivity contribution in [3.8, 4) is 11.8 Å². The molecule has 0 aliphatic carbocycles. The number of rotatable bonds is 4. The van der Waals surface area contributed by atoms with Crippen molar-refractivity contribution in [2.24, 2.45) is 5.10 Å². The molecule has 1 N–H and O–H groups in total. The maximum atomic E-state index is 12.6. The molecular formula is C21H17N5O2. The summed E-state index contributed by atoms with van der Waals surface area (Å²) in [6.45, 7) is 3.49. The van der Waals surface area contributed by atoms with Gasteiger partial charge in [0.05, 0.1) is 11.9 Å². The lowest BCUT2D eigenvalue weighted by molar-refractivity contribution is 0.0947. The number of amides is 1. The van der Waals surface area contributed by atoms with E-state index < -0.39 is 11.5 Å². The molecule has 138 valence electrons. The van der Waals surface area contributed by atoms with Crippen LogP contribution < -0.4 is 11.0 Å². The van der Waals surface area contributed by atoms with E-state index in [0.717, 1.165) is 15.8 Å². The van der Waals surface area contributed by atoms with Crippen LogP contribution in [0.5, 0.6) is 0 Å². The molecule has 0 unspecified atom stereocenters. The fourth-order valence-corrected chi connectivity index (χ4v) is 2.57. The number of para-hydroxylation sites is 1. The first-order valence-electron chi connectivity index (χ1n) is 8.51. The van der Waals surface area contributed by atoms with Crippen LogP contribution in [0.3, 0.4) is 0 Å². The fraction of sp³-hybridized carbons (Fsp3) is 0.0952. The van der Waals surface area contributed by atoms with Gasteiger partial charge in [-0.1, -0.05) is 48.0 Å². The summed E-state index contributed by atoms with van der Waals surface area (Å²) in [6.07, 6.45) is 1.51. The van der Waals surface area contributed by atoms with Gasteiger partial charge in [0.25, 0.3) is 11.5 Å². The summed E-state index contributed by atoms with van der Waals surface area (Å²) < 4.78 is 1.05. The molecule has 0 aliphatic rings. The van der Waals surface area contributed by atoms with Gasteiger partial charge in [0.1, 0.15) is 11.6 Å². The molecule has 7 heteroatoms. The van der Waals surface area contributed by atoms with Crippen LogP contribution in [-0.2, 0) is 0 Å². The second kappa shape index (κ2) is 8.10. The second-order valence-corrected chi connectivity index (χ2v) is 6.12. The molecule has 2 aromatic carbocycles. The van der Waals surface area contributed by atoms with E-state index in [1.165, 1.54) is 13.1 Å². The minimum atomic E-state index is -0.609. The molecule has 7 nitrogen and oxygen atoms in total. The van der Waals surface area contributed by atoms with Gasteiger partial charge in [0, 0.05) is 5.56 Å². The Morgan fingerprint density at radius 1 is 1.14 bits per heavy atom. The number of aromatic nitrogens is 2. The van der Waals surface area contributed by atoms with E-state index in [-0.39, 0.29) is 16.8 Å². The number of benzene rings is 2. The van der Waals surface area contributed by atoms with E-state index in [4.69, 9.17) is 0 Å². The van der Waals surface area contributed by atoms with Crippen LogP contribution in [0.1, 0.15) is 32.7 Å². The zero-order valence-electron chi connectivity index (χ0n) is 15.4. The van der Waals surface area contributed by atoms with Crippen molar-refractivity contribution < 1.29 is 4.79 Å². The van der Waals surface area contributed by atoms with Crippen molar-refractivity contribution in [1.82, 2.24) is 15.2 Å². The van der Waals surface area contributed by atoms with Gasteiger partial charge in [-0.3, -0.25) is 9.59 Å². The molecule has 3 aromatic rings. The monoisotopic (exact) mass is 371 g/mol. The van der Waals surface area contributed by atoms with Crippen LogP contribution in [0.2, 0.25) is 0 Å². The van der Waals surface area contributed by atoms with Crippen LogP contribution in [0, 0.1) is 25.2 Å². The second-order valence-electron chi connectivity index (χ2n) is 6.12. The first-order valence-corrected chi connectivity index (χ1v) is 8.51. The Bertz CT molecular complexity index is 1140. The highest BCUT2D eigenvalue weighted by molar-refractivity contribution is 5.94. The quantitative estimate of drug-likeness (QED) is 0.562. The summed E-state index contributed by atoms with van der Waals surface area (Å²) in [4.78, 5) is 25.1. The van der Waals surface area contributed by atoms with Crippen LogP contribution in [-0.4, -0.2) is 21.9 Å². The fourth-order valence-electron chi connectivity index (χ4n) is 2.57. The van der Waals surface area contributed by atoms with Crippen LogP contribution in [0.4, 0.5) is 0 Å². The third-order valence-electron chi connectivity index (χ3n) is 4.12. The van der Waals surface area contributed by atoms with Crippen molar-refractivity contribution in [2.75, 3.05) is 0 Å². The third kappa shape index (κ3) is 3.86. The summed E-state index contributed by atoms with van der Waals surface area (Å²) in [6, 6.07) is 18.1. The van der Waals surface area contributed by atoms with E-state index in [1.807, 2.05) is 37.3 Å². The molecular weight excluding hydrogens is 354 g/mol. The lowest BCUT2D eigenvalue weighted by atomic mass is 10.1. The highest BCUT2D eigenvalue weighted by atomic mass is 16.2. The Hall–Kier alpha value is -4.05. The predicted octanol–water partition coefficient (Wildman–Crippen LogP) is 2.48. The minimum absolute atomic E-state index is 0.0407. The number of hydrogen-bond donors (Lipinski definition) is 1. The Kier molecular flexibility index (Phi) is 5.42. The van der Waals surface area contributed by atoms with Crippen LogP contribution in [0.25, 0.3) is 5.69 Å². The van der Waals surface area contributed by atoms with Gasteiger partial charge < -0.3 is 0 Å². The van der Waals surface area contributed by atoms with E-state index >= 15 is 0 Å².